The van der Waals surface area contributed by atoms with Crippen molar-refractivity contribution in [2.45, 2.75) is 53.0 Å². The molecule has 2 aliphatic rings. The second kappa shape index (κ2) is 4.46. The van der Waals surface area contributed by atoms with Gasteiger partial charge in [-0.1, -0.05) is 34.3 Å². The van der Waals surface area contributed by atoms with Gasteiger partial charge in [-0.3, -0.25) is 4.99 Å². The van der Waals surface area contributed by atoms with Gasteiger partial charge in [-0.25, -0.2) is 0 Å². The topological polar surface area (TPSA) is 72.0 Å². The minimum atomic E-state index is -0.782. The zero-order valence-electron chi connectivity index (χ0n) is 13.5. The van der Waals surface area contributed by atoms with Crippen LogP contribution in [0.3, 0.4) is 0 Å². The third kappa shape index (κ3) is 2.25. The van der Waals surface area contributed by atoms with Crippen LogP contribution in [0.4, 0.5) is 0 Å². The van der Waals surface area contributed by atoms with Gasteiger partial charge in [0.15, 0.2) is 0 Å². The average Bonchev–Trinajstić information content (AvgIpc) is 2.75. The molecular formula is C17H22N4. The van der Waals surface area contributed by atoms with Crippen molar-refractivity contribution in [1.29, 1.82) is 10.5 Å². The van der Waals surface area contributed by atoms with Crippen LogP contribution in [0.2, 0.25) is 0 Å². The molecule has 0 aromatic rings. The molecule has 0 aromatic heterocycles. The quantitative estimate of drug-likeness (QED) is 0.749. The summed E-state index contributed by atoms with van der Waals surface area (Å²) in [7, 11) is 0. The zero-order chi connectivity index (χ0) is 16.1. The minimum absolute atomic E-state index is 0.0648. The first-order chi connectivity index (χ1) is 9.56. The second-order valence-electron chi connectivity index (χ2n) is 7.43. The van der Waals surface area contributed by atoms with E-state index in [1.807, 2.05) is 20.8 Å². The Kier molecular flexibility index (Phi) is 3.26. The largest absolute Gasteiger partial charge is 0.361 e. The highest BCUT2D eigenvalue weighted by molar-refractivity contribution is 6.06. The first-order valence-corrected chi connectivity index (χ1v) is 7.16. The van der Waals surface area contributed by atoms with Crippen molar-refractivity contribution in [1.82, 2.24) is 5.32 Å². The molecule has 0 aliphatic carbocycles. The molecule has 1 atom stereocenters. The molecule has 1 N–H and O–H groups in total. The van der Waals surface area contributed by atoms with Crippen molar-refractivity contribution in [2.24, 2.45) is 15.8 Å². The fraction of sp³-hybridized carbons (Fsp3) is 0.588. The van der Waals surface area contributed by atoms with E-state index in [0.29, 0.717) is 12.0 Å². The van der Waals surface area contributed by atoms with Gasteiger partial charge in [0, 0.05) is 22.2 Å². The Morgan fingerprint density at radius 1 is 1.19 bits per heavy atom. The van der Waals surface area contributed by atoms with Gasteiger partial charge in [-0.05, 0) is 19.8 Å². The van der Waals surface area contributed by atoms with Crippen molar-refractivity contribution in [3.8, 4) is 12.1 Å². The molecule has 110 valence electrons. The number of hydrogen-bond acceptors (Lipinski definition) is 4. The Labute approximate surface area is 126 Å². The van der Waals surface area contributed by atoms with E-state index in [9.17, 15) is 10.5 Å². The van der Waals surface area contributed by atoms with Gasteiger partial charge in [0.2, 0.25) is 0 Å². The van der Waals surface area contributed by atoms with Gasteiger partial charge in [-0.15, -0.1) is 0 Å². The Balaban J connectivity index is 2.48. The molecule has 4 nitrogen and oxygen atoms in total. The van der Waals surface area contributed by atoms with E-state index >= 15 is 0 Å². The van der Waals surface area contributed by atoms with Gasteiger partial charge < -0.3 is 5.32 Å². The van der Waals surface area contributed by atoms with E-state index in [0.717, 1.165) is 23.5 Å². The lowest BCUT2D eigenvalue weighted by atomic mass is 9.74. The fourth-order valence-electron chi connectivity index (χ4n) is 2.77. The summed E-state index contributed by atoms with van der Waals surface area (Å²) in [5, 5.41) is 22.3. The molecule has 1 fully saturated rings. The lowest BCUT2D eigenvalue weighted by molar-refractivity contribution is 0.276. The normalized spacial score (nSPS) is 32.0. The van der Waals surface area contributed by atoms with E-state index in [2.05, 4.69) is 42.9 Å². The first-order valence-electron chi connectivity index (χ1n) is 7.16. The maximum atomic E-state index is 9.58. The van der Waals surface area contributed by atoms with Gasteiger partial charge in [0.05, 0.1) is 17.4 Å². The predicted molar refractivity (Wildman–Crippen MR) is 83.2 cm³/mol. The summed E-state index contributed by atoms with van der Waals surface area (Å²) < 4.78 is 0. The first kappa shape index (κ1) is 15.3. The molecule has 0 saturated carbocycles. The monoisotopic (exact) mass is 282 g/mol. The third-order valence-electron chi connectivity index (χ3n) is 4.94. The van der Waals surface area contributed by atoms with Crippen molar-refractivity contribution in [3.63, 3.8) is 0 Å². The van der Waals surface area contributed by atoms with E-state index in [-0.39, 0.29) is 10.8 Å². The van der Waals surface area contributed by atoms with Crippen LogP contribution < -0.4 is 5.32 Å². The van der Waals surface area contributed by atoms with E-state index < -0.39 is 5.54 Å². The van der Waals surface area contributed by atoms with Crippen molar-refractivity contribution in [2.75, 3.05) is 0 Å². The molecule has 0 aromatic carbocycles. The molecule has 0 amide bonds. The fourth-order valence-corrected chi connectivity index (χ4v) is 2.77. The Hall–Kier alpha value is -2.07. The summed E-state index contributed by atoms with van der Waals surface area (Å²) in [6.45, 7) is 14.1. The molecule has 2 aliphatic heterocycles. The molecule has 2 rings (SSSR count). The molecule has 0 spiro atoms. The number of hydrogen-bond donors (Lipinski definition) is 1. The summed E-state index contributed by atoms with van der Waals surface area (Å²) in [6.07, 6.45) is 1.38. The zero-order valence-corrected chi connectivity index (χ0v) is 13.5. The summed E-state index contributed by atoms with van der Waals surface area (Å²) in [5.41, 5.74) is 2.00. The number of aliphatic imine (C=N–C) groups is 1. The van der Waals surface area contributed by atoms with Crippen molar-refractivity contribution >= 4 is 5.71 Å². The molecule has 1 unspecified atom stereocenters. The molecule has 4 heteroatoms. The van der Waals surface area contributed by atoms with Crippen LogP contribution in [0, 0.1) is 33.5 Å². The van der Waals surface area contributed by atoms with Crippen molar-refractivity contribution < 1.29 is 0 Å². The third-order valence-corrected chi connectivity index (χ3v) is 4.94. The predicted octanol–water partition coefficient (Wildman–Crippen LogP) is 3.45. The van der Waals surface area contributed by atoms with Gasteiger partial charge in [0.1, 0.15) is 11.6 Å². The van der Waals surface area contributed by atoms with Gasteiger partial charge in [-0.2, -0.15) is 10.5 Å². The van der Waals surface area contributed by atoms with E-state index in [1.165, 1.54) is 0 Å². The number of allylic oxidation sites excluding steroid dienone is 3. The maximum absolute atomic E-state index is 9.58. The minimum Gasteiger partial charge on any atom is -0.361 e. The molecule has 21 heavy (non-hydrogen) atoms. The Bertz CT molecular complexity index is 649. The van der Waals surface area contributed by atoms with Crippen LogP contribution in [0.5, 0.6) is 0 Å². The number of rotatable bonds is 1. The van der Waals surface area contributed by atoms with Crippen LogP contribution in [0.1, 0.15) is 47.5 Å². The van der Waals surface area contributed by atoms with Crippen molar-refractivity contribution in [3.05, 3.63) is 23.5 Å². The molecular weight excluding hydrogens is 260 g/mol. The second-order valence-corrected chi connectivity index (χ2v) is 7.43. The SMILES string of the molecule is C=C1N/C(=C(/C#N)C2=NC(C)(C#N)C(C)(C)C2)CC1(C)C. The highest BCUT2D eigenvalue weighted by Gasteiger charge is 2.48. The standard InChI is InChI=1S/C17H22N4/c1-11-15(2,3)7-13(20-11)12(9-18)14-8-16(4,5)17(6,10-19)21-14/h20H,1,7-8H2,2-6H3/b13-12-. The maximum Gasteiger partial charge on any atom is 0.149 e. The Morgan fingerprint density at radius 2 is 1.81 bits per heavy atom. The highest BCUT2D eigenvalue weighted by Crippen LogP contribution is 2.45. The lowest BCUT2D eigenvalue weighted by Gasteiger charge is -2.29. The summed E-state index contributed by atoms with van der Waals surface area (Å²) in [5.74, 6) is 0. The molecule has 0 radical (unpaired) electrons. The number of nitrogens with zero attached hydrogens (tertiary/aromatic N) is 3. The lowest BCUT2D eigenvalue weighted by Crippen LogP contribution is -2.34. The average molecular weight is 282 g/mol. The van der Waals surface area contributed by atoms with Crippen LogP contribution in [-0.4, -0.2) is 11.3 Å². The summed E-state index contributed by atoms with van der Waals surface area (Å²) in [4.78, 5) is 4.59. The van der Waals surface area contributed by atoms with E-state index in [4.69, 9.17) is 0 Å². The number of nitriles is 2. The van der Waals surface area contributed by atoms with Crippen LogP contribution in [0.15, 0.2) is 28.5 Å². The van der Waals surface area contributed by atoms with Crippen LogP contribution >= 0.6 is 0 Å². The number of nitrogens with one attached hydrogen (secondary N) is 1. The highest BCUT2D eigenvalue weighted by atomic mass is 15.0. The van der Waals surface area contributed by atoms with Crippen LogP contribution in [-0.2, 0) is 0 Å². The van der Waals surface area contributed by atoms with Crippen LogP contribution in [0.25, 0.3) is 0 Å². The van der Waals surface area contributed by atoms with Gasteiger partial charge >= 0.3 is 0 Å². The molecule has 2 heterocycles. The molecule has 0 bridgehead atoms. The molecule has 1 saturated heterocycles. The Morgan fingerprint density at radius 3 is 2.19 bits per heavy atom. The van der Waals surface area contributed by atoms with E-state index in [1.54, 1.807) is 0 Å². The smallest absolute Gasteiger partial charge is 0.149 e. The van der Waals surface area contributed by atoms with Gasteiger partial charge in [0.25, 0.3) is 0 Å². The summed E-state index contributed by atoms with van der Waals surface area (Å²) >= 11 is 0. The summed E-state index contributed by atoms with van der Waals surface area (Å²) in [6, 6.07) is 4.58.